The maximum Gasteiger partial charge on any atom is 0.226 e. The average Bonchev–Trinajstić information content (AvgIpc) is 2.75. The first kappa shape index (κ1) is 10.6. The lowest BCUT2D eigenvalue weighted by Gasteiger charge is -1.99. The number of aromatic nitrogens is 1. The van der Waals surface area contributed by atoms with E-state index in [1.807, 2.05) is 6.92 Å². The van der Waals surface area contributed by atoms with Crippen LogP contribution < -0.4 is 5.73 Å². The van der Waals surface area contributed by atoms with Gasteiger partial charge in [-0.05, 0) is 19.1 Å². The van der Waals surface area contributed by atoms with E-state index in [4.69, 9.17) is 10.2 Å². The lowest BCUT2D eigenvalue weighted by molar-refractivity contribution is 0.100. The Morgan fingerprint density at radius 2 is 2.06 bits per heavy atom. The third-order valence-electron chi connectivity index (χ3n) is 2.26. The fourth-order valence-electron chi connectivity index (χ4n) is 1.40. The van der Waals surface area contributed by atoms with Gasteiger partial charge in [0.2, 0.25) is 5.89 Å². The predicted octanol–water partition coefficient (Wildman–Crippen LogP) is 1.79. The normalized spacial score (nSPS) is 10.4. The van der Waals surface area contributed by atoms with Gasteiger partial charge in [0, 0.05) is 11.1 Å². The zero-order valence-corrected chi connectivity index (χ0v) is 8.93. The highest BCUT2D eigenvalue weighted by molar-refractivity contribution is 5.97. The number of carbonyl (C=O) groups excluding carboxylic acids is 1. The summed E-state index contributed by atoms with van der Waals surface area (Å²) in [7, 11) is 0. The molecular weight excluding hydrogens is 204 g/mol. The monoisotopic (exact) mass is 216 g/mol. The number of carbonyl (C=O) groups is 1. The molecule has 0 atom stereocenters. The fraction of sp³-hybridized carbons (Fsp3) is 0.167. The highest BCUT2D eigenvalue weighted by Gasteiger charge is 2.06. The van der Waals surface area contributed by atoms with Crippen molar-refractivity contribution in [3.8, 4) is 11.5 Å². The Bertz CT molecular complexity index is 500. The van der Waals surface area contributed by atoms with Gasteiger partial charge in [-0.1, -0.05) is 12.1 Å². The average molecular weight is 216 g/mol. The predicted molar refractivity (Wildman–Crippen MR) is 60.1 cm³/mol. The van der Waals surface area contributed by atoms with Crippen LogP contribution in [0.1, 0.15) is 16.1 Å². The summed E-state index contributed by atoms with van der Waals surface area (Å²) in [6.45, 7) is 1.89. The number of ketones is 1. The number of nitrogens with two attached hydrogens (primary N) is 1. The smallest absolute Gasteiger partial charge is 0.226 e. The highest BCUT2D eigenvalue weighted by atomic mass is 16.3. The summed E-state index contributed by atoms with van der Waals surface area (Å²) in [5.74, 6) is 0.486. The minimum Gasteiger partial charge on any atom is -0.444 e. The van der Waals surface area contributed by atoms with Crippen LogP contribution in [0.5, 0.6) is 0 Å². The molecule has 1 heterocycles. The third kappa shape index (κ3) is 2.01. The first-order chi connectivity index (χ1) is 7.70. The largest absolute Gasteiger partial charge is 0.444 e. The van der Waals surface area contributed by atoms with Gasteiger partial charge in [-0.15, -0.1) is 0 Å². The topological polar surface area (TPSA) is 69.1 Å². The number of Topliss-reactive ketones (excluding diaryl/α,β-unsaturated/α-hetero) is 1. The van der Waals surface area contributed by atoms with Crippen LogP contribution in [0, 0.1) is 6.92 Å². The molecule has 0 aliphatic heterocycles. The molecule has 0 spiro atoms. The molecule has 0 radical (unpaired) electrons. The summed E-state index contributed by atoms with van der Waals surface area (Å²) < 4.78 is 5.26. The molecule has 1 aromatic carbocycles. The van der Waals surface area contributed by atoms with Crippen LogP contribution in [0.2, 0.25) is 0 Å². The molecular formula is C12H12N2O2. The SMILES string of the molecule is Cc1coc(-c2ccc(C(=O)CN)cc2)n1. The zero-order chi connectivity index (χ0) is 11.5. The minimum atomic E-state index is -0.0739. The summed E-state index contributed by atoms with van der Waals surface area (Å²) in [5, 5.41) is 0. The molecule has 2 aromatic rings. The molecule has 2 rings (SSSR count). The number of aryl methyl sites for hydroxylation is 1. The van der Waals surface area contributed by atoms with Gasteiger partial charge in [0.25, 0.3) is 0 Å². The van der Waals surface area contributed by atoms with Crippen LogP contribution in [0.25, 0.3) is 11.5 Å². The molecule has 0 saturated carbocycles. The minimum absolute atomic E-state index is 0.0253. The van der Waals surface area contributed by atoms with E-state index >= 15 is 0 Å². The van der Waals surface area contributed by atoms with Gasteiger partial charge in [0.05, 0.1) is 12.2 Å². The molecule has 4 nitrogen and oxygen atoms in total. The molecule has 0 fully saturated rings. The Morgan fingerprint density at radius 3 is 2.56 bits per heavy atom. The summed E-state index contributed by atoms with van der Waals surface area (Å²) in [6, 6.07) is 7.05. The van der Waals surface area contributed by atoms with E-state index in [1.54, 1.807) is 30.5 Å². The lowest BCUT2D eigenvalue weighted by atomic mass is 10.1. The number of hydrogen-bond donors (Lipinski definition) is 1. The molecule has 4 heteroatoms. The van der Waals surface area contributed by atoms with Gasteiger partial charge in [-0.3, -0.25) is 4.79 Å². The van der Waals surface area contributed by atoms with Gasteiger partial charge in [0.15, 0.2) is 5.78 Å². The van der Waals surface area contributed by atoms with Crippen molar-refractivity contribution in [2.75, 3.05) is 6.54 Å². The van der Waals surface area contributed by atoms with Crippen molar-refractivity contribution < 1.29 is 9.21 Å². The van der Waals surface area contributed by atoms with E-state index in [9.17, 15) is 4.79 Å². The van der Waals surface area contributed by atoms with Crippen LogP contribution >= 0.6 is 0 Å². The number of hydrogen-bond acceptors (Lipinski definition) is 4. The molecule has 1 aromatic heterocycles. The van der Waals surface area contributed by atoms with Crippen molar-refractivity contribution >= 4 is 5.78 Å². The van der Waals surface area contributed by atoms with Gasteiger partial charge >= 0.3 is 0 Å². The fourth-order valence-corrected chi connectivity index (χ4v) is 1.40. The van der Waals surface area contributed by atoms with Crippen molar-refractivity contribution in [3.05, 3.63) is 41.8 Å². The van der Waals surface area contributed by atoms with E-state index in [0.717, 1.165) is 11.3 Å². The molecule has 0 unspecified atom stereocenters. The lowest BCUT2D eigenvalue weighted by Crippen LogP contribution is -2.13. The van der Waals surface area contributed by atoms with Crippen LogP contribution in [0.3, 0.4) is 0 Å². The van der Waals surface area contributed by atoms with Crippen molar-refractivity contribution in [2.24, 2.45) is 5.73 Å². The molecule has 2 N–H and O–H groups in total. The molecule has 16 heavy (non-hydrogen) atoms. The maximum atomic E-state index is 11.3. The molecule has 0 aliphatic carbocycles. The first-order valence-electron chi connectivity index (χ1n) is 4.96. The maximum absolute atomic E-state index is 11.3. The Kier molecular flexibility index (Phi) is 2.83. The van der Waals surface area contributed by atoms with Gasteiger partial charge in [0.1, 0.15) is 6.26 Å². The van der Waals surface area contributed by atoms with E-state index in [1.165, 1.54) is 0 Å². The second kappa shape index (κ2) is 4.28. The molecule has 0 bridgehead atoms. The Balaban J connectivity index is 2.29. The summed E-state index contributed by atoms with van der Waals surface area (Å²) in [5.41, 5.74) is 7.56. The molecule has 82 valence electrons. The molecule has 0 amide bonds. The highest BCUT2D eigenvalue weighted by Crippen LogP contribution is 2.18. The summed E-state index contributed by atoms with van der Waals surface area (Å²) >= 11 is 0. The summed E-state index contributed by atoms with van der Waals surface area (Å²) in [4.78, 5) is 15.5. The van der Waals surface area contributed by atoms with Crippen LogP contribution in [0.15, 0.2) is 34.9 Å². The van der Waals surface area contributed by atoms with Gasteiger partial charge in [-0.25, -0.2) is 4.98 Å². The number of nitrogens with zero attached hydrogens (tertiary/aromatic N) is 1. The van der Waals surface area contributed by atoms with E-state index in [-0.39, 0.29) is 12.3 Å². The van der Waals surface area contributed by atoms with Crippen LogP contribution in [-0.4, -0.2) is 17.3 Å². The van der Waals surface area contributed by atoms with Crippen LogP contribution in [-0.2, 0) is 0 Å². The quantitative estimate of drug-likeness (QED) is 0.794. The standard InChI is InChI=1S/C12H12N2O2/c1-8-7-16-12(14-8)10-4-2-9(3-5-10)11(15)6-13/h2-5,7H,6,13H2,1H3. The third-order valence-corrected chi connectivity index (χ3v) is 2.26. The second-order valence-electron chi connectivity index (χ2n) is 3.50. The van der Waals surface area contributed by atoms with Gasteiger partial charge < -0.3 is 10.2 Å². The summed E-state index contributed by atoms with van der Waals surface area (Å²) in [6.07, 6.45) is 1.59. The van der Waals surface area contributed by atoms with Crippen LogP contribution in [0.4, 0.5) is 0 Å². The van der Waals surface area contributed by atoms with Crippen molar-refractivity contribution in [1.29, 1.82) is 0 Å². The Morgan fingerprint density at radius 1 is 1.38 bits per heavy atom. The van der Waals surface area contributed by atoms with E-state index in [2.05, 4.69) is 4.98 Å². The van der Waals surface area contributed by atoms with Crippen molar-refractivity contribution in [1.82, 2.24) is 4.98 Å². The van der Waals surface area contributed by atoms with Crippen molar-refractivity contribution in [2.45, 2.75) is 6.92 Å². The van der Waals surface area contributed by atoms with Gasteiger partial charge in [-0.2, -0.15) is 0 Å². The second-order valence-corrected chi connectivity index (χ2v) is 3.50. The molecule has 0 saturated heterocycles. The number of benzene rings is 1. The first-order valence-corrected chi connectivity index (χ1v) is 4.96. The zero-order valence-electron chi connectivity index (χ0n) is 8.93. The Labute approximate surface area is 93.1 Å². The number of oxazole rings is 1. The molecule has 0 aliphatic rings. The Hall–Kier alpha value is -1.94. The van der Waals surface area contributed by atoms with E-state index < -0.39 is 0 Å². The number of rotatable bonds is 3. The van der Waals surface area contributed by atoms with Crippen molar-refractivity contribution in [3.63, 3.8) is 0 Å². The van der Waals surface area contributed by atoms with E-state index in [0.29, 0.717) is 11.5 Å².